The van der Waals surface area contributed by atoms with E-state index in [4.69, 9.17) is 12.2 Å². The highest BCUT2D eigenvalue weighted by Crippen LogP contribution is 2.26. The van der Waals surface area contributed by atoms with Gasteiger partial charge in [0.1, 0.15) is 10.4 Å². The van der Waals surface area contributed by atoms with Crippen molar-refractivity contribution in [3.63, 3.8) is 0 Å². The van der Waals surface area contributed by atoms with E-state index in [9.17, 15) is 14.4 Å². The summed E-state index contributed by atoms with van der Waals surface area (Å²) in [5, 5.41) is 8.47. The second-order valence-electron chi connectivity index (χ2n) is 8.53. The van der Waals surface area contributed by atoms with E-state index >= 15 is 0 Å². The summed E-state index contributed by atoms with van der Waals surface area (Å²) < 4.78 is 0.430. The van der Waals surface area contributed by atoms with Crippen LogP contribution in [0.25, 0.3) is 6.08 Å². The average molecular weight is 496 g/mol. The Balaban J connectivity index is 1.70. The number of hydrogen-bond acceptors (Lipinski definition) is 5. The van der Waals surface area contributed by atoms with Crippen LogP contribution in [0.3, 0.4) is 0 Å². The lowest BCUT2D eigenvalue weighted by Gasteiger charge is -2.21. The van der Waals surface area contributed by atoms with E-state index in [1.807, 2.05) is 38.1 Å². The summed E-state index contributed by atoms with van der Waals surface area (Å²) in [5.41, 5.74) is 3.08. The van der Waals surface area contributed by atoms with Gasteiger partial charge in [0.15, 0.2) is 0 Å². The molecule has 0 radical (unpaired) electrons. The highest BCUT2D eigenvalue weighted by Gasteiger charge is 2.24. The Hall–Kier alpha value is -2.97. The van der Waals surface area contributed by atoms with Crippen LogP contribution >= 0.6 is 24.0 Å². The van der Waals surface area contributed by atoms with Crippen LogP contribution in [0.5, 0.6) is 0 Å². The predicted molar refractivity (Wildman–Crippen MR) is 143 cm³/mol. The molecule has 1 heterocycles. The molecular weight excluding hydrogens is 466 g/mol. The Morgan fingerprint density at radius 2 is 1.82 bits per heavy atom. The first kappa shape index (κ1) is 25.6. The zero-order valence-electron chi connectivity index (χ0n) is 19.5. The van der Waals surface area contributed by atoms with Crippen molar-refractivity contribution in [2.45, 2.75) is 46.1 Å². The van der Waals surface area contributed by atoms with Crippen molar-refractivity contribution < 1.29 is 14.4 Å². The number of thioether (sulfide) groups is 1. The van der Waals surface area contributed by atoms with Crippen molar-refractivity contribution in [3.8, 4) is 0 Å². The number of thiocarbonyl (C=S) groups is 1. The third kappa shape index (κ3) is 7.01. The minimum Gasteiger partial charge on any atom is -0.340 e. The Bertz CT molecular complexity index is 1110. The van der Waals surface area contributed by atoms with Gasteiger partial charge in [-0.2, -0.15) is 0 Å². The van der Waals surface area contributed by atoms with Crippen LogP contribution in [-0.2, 0) is 16.0 Å². The number of para-hydroxylation sites is 1. The first-order valence-corrected chi connectivity index (χ1v) is 12.5. The standard InChI is InChI=1S/C26H29N3O3S2/c1-4-7-18-8-5-6-9-20(18)27-24(31)21(14-16(2)3)28-23(30)19-12-10-17(11-13-19)15-22-25(32)29-26(33)34-22/h5-6,8-13,15-16,21H,4,7,14H2,1-3H3,(H,27,31)(H,28,30)(H,29,32,33)/b22-15-/t21-/m0/s1. The third-order valence-electron chi connectivity index (χ3n) is 5.24. The van der Waals surface area contributed by atoms with Gasteiger partial charge < -0.3 is 16.0 Å². The normalized spacial score (nSPS) is 15.4. The van der Waals surface area contributed by atoms with Gasteiger partial charge in [-0.05, 0) is 54.2 Å². The highest BCUT2D eigenvalue weighted by atomic mass is 32.2. The van der Waals surface area contributed by atoms with Crippen molar-refractivity contribution in [2.75, 3.05) is 5.32 Å². The molecule has 34 heavy (non-hydrogen) atoms. The third-order valence-corrected chi connectivity index (χ3v) is 6.40. The maximum Gasteiger partial charge on any atom is 0.263 e. The molecule has 3 N–H and O–H groups in total. The molecule has 178 valence electrons. The van der Waals surface area contributed by atoms with Crippen LogP contribution in [0.15, 0.2) is 53.4 Å². The maximum atomic E-state index is 13.1. The molecule has 0 unspecified atom stereocenters. The molecule has 0 bridgehead atoms. The lowest BCUT2D eigenvalue weighted by Crippen LogP contribution is -2.44. The van der Waals surface area contributed by atoms with Crippen molar-refractivity contribution in [3.05, 3.63) is 70.1 Å². The number of nitrogens with one attached hydrogen (secondary N) is 3. The van der Waals surface area contributed by atoms with Gasteiger partial charge in [0.25, 0.3) is 11.8 Å². The summed E-state index contributed by atoms with van der Waals surface area (Å²) in [4.78, 5) is 38.4. The molecule has 1 atom stereocenters. The molecule has 0 saturated carbocycles. The van der Waals surface area contributed by atoms with E-state index in [1.54, 1.807) is 30.3 Å². The minimum atomic E-state index is -0.663. The van der Waals surface area contributed by atoms with Crippen LogP contribution in [-0.4, -0.2) is 28.1 Å². The van der Waals surface area contributed by atoms with E-state index < -0.39 is 6.04 Å². The van der Waals surface area contributed by atoms with Gasteiger partial charge in [-0.15, -0.1) is 0 Å². The summed E-state index contributed by atoms with van der Waals surface area (Å²) in [6.07, 6.45) is 4.08. The fraction of sp³-hybridized carbons (Fsp3) is 0.308. The van der Waals surface area contributed by atoms with Crippen LogP contribution in [0.1, 0.15) is 55.1 Å². The van der Waals surface area contributed by atoms with Crippen LogP contribution < -0.4 is 16.0 Å². The minimum absolute atomic E-state index is 0.220. The smallest absolute Gasteiger partial charge is 0.263 e. The number of hydrogen-bond donors (Lipinski definition) is 3. The summed E-state index contributed by atoms with van der Waals surface area (Å²) in [5.74, 6) is -0.555. The van der Waals surface area contributed by atoms with E-state index in [0.717, 1.165) is 29.7 Å². The van der Waals surface area contributed by atoms with Gasteiger partial charge in [-0.25, -0.2) is 0 Å². The molecule has 0 aliphatic carbocycles. The van der Waals surface area contributed by atoms with Gasteiger partial charge >= 0.3 is 0 Å². The van der Waals surface area contributed by atoms with E-state index in [-0.39, 0.29) is 23.6 Å². The van der Waals surface area contributed by atoms with E-state index in [0.29, 0.717) is 21.2 Å². The summed E-state index contributed by atoms with van der Waals surface area (Å²) in [7, 11) is 0. The SMILES string of the molecule is CCCc1ccccc1NC(=O)[C@H](CC(C)C)NC(=O)c1ccc(/C=C2\SC(=S)NC2=O)cc1. The molecule has 1 aliphatic heterocycles. The molecule has 6 nitrogen and oxygen atoms in total. The summed E-state index contributed by atoms with van der Waals surface area (Å²) in [6, 6.07) is 14.0. The Labute approximate surface area is 210 Å². The van der Waals surface area contributed by atoms with Gasteiger partial charge in [-0.1, -0.05) is 81.5 Å². The number of anilines is 1. The molecule has 2 aromatic rings. The molecule has 1 saturated heterocycles. The van der Waals surface area contributed by atoms with E-state index in [1.165, 1.54) is 11.8 Å². The zero-order valence-corrected chi connectivity index (χ0v) is 21.1. The molecular formula is C26H29N3O3S2. The predicted octanol–water partition coefficient (Wildman–Crippen LogP) is 4.91. The van der Waals surface area contributed by atoms with Crippen molar-refractivity contribution in [1.29, 1.82) is 0 Å². The molecule has 1 fully saturated rings. The van der Waals surface area contributed by atoms with Crippen molar-refractivity contribution in [1.82, 2.24) is 10.6 Å². The van der Waals surface area contributed by atoms with E-state index in [2.05, 4.69) is 22.9 Å². The fourth-order valence-corrected chi connectivity index (χ4v) is 4.64. The molecule has 3 amide bonds. The van der Waals surface area contributed by atoms with Crippen LogP contribution in [0.2, 0.25) is 0 Å². The highest BCUT2D eigenvalue weighted by molar-refractivity contribution is 8.26. The van der Waals surface area contributed by atoms with Crippen LogP contribution in [0.4, 0.5) is 5.69 Å². The first-order valence-electron chi connectivity index (χ1n) is 11.3. The second kappa shape index (κ2) is 11.9. The molecule has 0 aromatic heterocycles. The van der Waals surface area contributed by atoms with Gasteiger partial charge in [-0.3, -0.25) is 14.4 Å². The summed E-state index contributed by atoms with van der Waals surface area (Å²) >= 11 is 6.21. The lowest BCUT2D eigenvalue weighted by atomic mass is 10.0. The topological polar surface area (TPSA) is 87.3 Å². The Morgan fingerprint density at radius 3 is 2.44 bits per heavy atom. The molecule has 2 aromatic carbocycles. The van der Waals surface area contributed by atoms with Gasteiger partial charge in [0.05, 0.1) is 4.91 Å². The number of carbonyl (C=O) groups excluding carboxylic acids is 3. The molecule has 0 spiro atoms. The van der Waals surface area contributed by atoms with Gasteiger partial charge in [0.2, 0.25) is 5.91 Å². The average Bonchev–Trinajstić information content (AvgIpc) is 3.11. The number of carbonyl (C=O) groups is 3. The van der Waals surface area contributed by atoms with Crippen LogP contribution in [0, 0.1) is 5.92 Å². The van der Waals surface area contributed by atoms with Crippen molar-refractivity contribution >= 4 is 57.8 Å². The zero-order chi connectivity index (χ0) is 24.7. The Morgan fingerprint density at radius 1 is 1.12 bits per heavy atom. The largest absolute Gasteiger partial charge is 0.340 e. The monoisotopic (exact) mass is 495 g/mol. The second-order valence-corrected chi connectivity index (χ2v) is 10.2. The quantitative estimate of drug-likeness (QED) is 0.340. The number of amides is 3. The lowest BCUT2D eigenvalue weighted by molar-refractivity contribution is -0.118. The molecule has 1 aliphatic rings. The number of benzene rings is 2. The fourth-order valence-electron chi connectivity index (χ4n) is 3.60. The van der Waals surface area contributed by atoms with Crippen molar-refractivity contribution in [2.24, 2.45) is 5.92 Å². The Kier molecular flexibility index (Phi) is 9.01. The number of aryl methyl sites for hydroxylation is 1. The number of rotatable bonds is 9. The van der Waals surface area contributed by atoms with Gasteiger partial charge in [0, 0.05) is 11.3 Å². The molecule has 8 heteroatoms. The summed E-state index contributed by atoms with van der Waals surface area (Å²) in [6.45, 7) is 6.13. The molecule has 3 rings (SSSR count). The maximum absolute atomic E-state index is 13.1. The first-order chi connectivity index (χ1) is 16.3.